The van der Waals surface area contributed by atoms with E-state index in [1.54, 1.807) is 13.8 Å². The number of nitrogens with zero attached hydrogens (tertiary/aromatic N) is 2. The molecule has 7 heteroatoms. The maximum absolute atomic E-state index is 13.8. The summed E-state index contributed by atoms with van der Waals surface area (Å²) in [6.07, 6.45) is 0. The van der Waals surface area contributed by atoms with Crippen LogP contribution in [-0.4, -0.2) is 22.4 Å². The van der Waals surface area contributed by atoms with E-state index in [-0.39, 0.29) is 23.0 Å². The van der Waals surface area contributed by atoms with Crippen LogP contribution in [0.3, 0.4) is 0 Å². The summed E-state index contributed by atoms with van der Waals surface area (Å²) in [7, 11) is 0. The maximum Gasteiger partial charge on any atom is 0.358 e. The molecule has 0 atom stereocenters. The Bertz CT molecular complexity index is 671. The van der Waals surface area contributed by atoms with Crippen molar-refractivity contribution >= 4 is 17.6 Å². The van der Waals surface area contributed by atoms with Crippen LogP contribution in [0.15, 0.2) is 18.2 Å². The molecule has 0 saturated heterocycles. The minimum absolute atomic E-state index is 0.0761. The van der Waals surface area contributed by atoms with Gasteiger partial charge in [0.1, 0.15) is 11.5 Å². The standard InChI is InChI=1S/C13H11ClF2N2O2/c1-3-20-13(19)12-11(14)7(2)17-18(12)10-5-4-8(15)6-9(10)16/h4-6H,3H2,1-2H3. The Morgan fingerprint density at radius 3 is 2.75 bits per heavy atom. The lowest BCUT2D eigenvalue weighted by molar-refractivity contribution is 0.0516. The van der Waals surface area contributed by atoms with Gasteiger partial charge in [-0.05, 0) is 26.0 Å². The zero-order valence-corrected chi connectivity index (χ0v) is 11.5. The van der Waals surface area contributed by atoms with Gasteiger partial charge in [-0.3, -0.25) is 0 Å². The molecule has 4 nitrogen and oxygen atoms in total. The average molecular weight is 301 g/mol. The average Bonchev–Trinajstić information content (AvgIpc) is 2.66. The minimum Gasteiger partial charge on any atom is -0.461 e. The van der Waals surface area contributed by atoms with Crippen LogP contribution >= 0.6 is 11.6 Å². The molecule has 0 unspecified atom stereocenters. The highest BCUT2D eigenvalue weighted by molar-refractivity contribution is 6.34. The van der Waals surface area contributed by atoms with Gasteiger partial charge in [0.15, 0.2) is 11.5 Å². The number of carbonyl (C=O) groups excluding carboxylic acids is 1. The van der Waals surface area contributed by atoms with Crippen LogP contribution in [0.25, 0.3) is 5.69 Å². The van der Waals surface area contributed by atoms with E-state index < -0.39 is 17.6 Å². The lowest BCUT2D eigenvalue weighted by Gasteiger charge is -2.08. The van der Waals surface area contributed by atoms with Crippen LogP contribution in [0.1, 0.15) is 23.1 Å². The maximum atomic E-state index is 13.8. The van der Waals surface area contributed by atoms with Gasteiger partial charge in [0.05, 0.1) is 17.3 Å². The predicted molar refractivity (Wildman–Crippen MR) is 69.2 cm³/mol. The minimum atomic E-state index is -0.852. The Morgan fingerprint density at radius 1 is 1.45 bits per heavy atom. The number of benzene rings is 1. The zero-order chi connectivity index (χ0) is 14.9. The van der Waals surface area contributed by atoms with E-state index in [0.717, 1.165) is 10.7 Å². The first-order valence-corrected chi connectivity index (χ1v) is 6.21. The quantitative estimate of drug-likeness (QED) is 0.817. The molecule has 0 radical (unpaired) electrons. The fraction of sp³-hybridized carbons (Fsp3) is 0.231. The Hall–Kier alpha value is -1.95. The summed E-state index contributed by atoms with van der Waals surface area (Å²) < 4.78 is 32.6. The van der Waals surface area contributed by atoms with Crippen LogP contribution in [0, 0.1) is 18.6 Å². The van der Waals surface area contributed by atoms with Gasteiger partial charge in [-0.1, -0.05) is 11.6 Å². The van der Waals surface area contributed by atoms with E-state index in [4.69, 9.17) is 16.3 Å². The molecule has 1 aromatic carbocycles. The molecule has 0 aliphatic carbocycles. The molecule has 0 fully saturated rings. The topological polar surface area (TPSA) is 44.1 Å². The second kappa shape index (κ2) is 5.58. The van der Waals surface area contributed by atoms with Gasteiger partial charge in [0.25, 0.3) is 0 Å². The van der Waals surface area contributed by atoms with Crippen LogP contribution in [0.2, 0.25) is 5.02 Å². The van der Waals surface area contributed by atoms with E-state index >= 15 is 0 Å². The lowest BCUT2D eigenvalue weighted by atomic mass is 10.3. The highest BCUT2D eigenvalue weighted by Crippen LogP contribution is 2.25. The second-order valence-corrected chi connectivity index (χ2v) is 4.35. The summed E-state index contributed by atoms with van der Waals surface area (Å²) in [5.74, 6) is -2.30. The third kappa shape index (κ3) is 2.51. The van der Waals surface area contributed by atoms with Crippen molar-refractivity contribution in [1.82, 2.24) is 9.78 Å². The number of carbonyl (C=O) groups is 1. The van der Waals surface area contributed by atoms with Gasteiger partial charge in [0.2, 0.25) is 0 Å². The third-order valence-corrected chi connectivity index (χ3v) is 3.05. The van der Waals surface area contributed by atoms with Crippen LogP contribution in [0.4, 0.5) is 8.78 Å². The zero-order valence-electron chi connectivity index (χ0n) is 10.8. The van der Waals surface area contributed by atoms with Crippen molar-refractivity contribution in [3.8, 4) is 5.69 Å². The summed E-state index contributed by atoms with van der Waals surface area (Å²) in [4.78, 5) is 11.9. The molecular weight excluding hydrogens is 290 g/mol. The monoisotopic (exact) mass is 300 g/mol. The van der Waals surface area contributed by atoms with Crippen molar-refractivity contribution in [3.63, 3.8) is 0 Å². The predicted octanol–water partition coefficient (Wildman–Crippen LogP) is 3.29. The van der Waals surface area contributed by atoms with E-state index in [1.807, 2.05) is 0 Å². The van der Waals surface area contributed by atoms with Gasteiger partial charge < -0.3 is 4.74 Å². The molecule has 1 aromatic heterocycles. The van der Waals surface area contributed by atoms with E-state index in [2.05, 4.69) is 5.10 Å². The Labute approximate surface area is 118 Å². The van der Waals surface area contributed by atoms with Gasteiger partial charge >= 0.3 is 5.97 Å². The summed E-state index contributed by atoms with van der Waals surface area (Å²) in [5.41, 5.74) is 0.180. The molecule has 2 rings (SSSR count). The normalized spacial score (nSPS) is 10.7. The van der Waals surface area contributed by atoms with E-state index in [9.17, 15) is 13.6 Å². The molecule has 0 bridgehead atoms. The number of aromatic nitrogens is 2. The summed E-state index contributed by atoms with van der Waals surface area (Å²) in [5, 5.41) is 4.07. The highest BCUT2D eigenvalue weighted by Gasteiger charge is 2.24. The van der Waals surface area contributed by atoms with Crippen molar-refractivity contribution < 1.29 is 18.3 Å². The Balaban J connectivity index is 2.62. The molecule has 106 valence electrons. The number of aryl methyl sites for hydroxylation is 1. The van der Waals surface area contributed by atoms with E-state index in [0.29, 0.717) is 11.8 Å². The second-order valence-electron chi connectivity index (χ2n) is 3.98. The van der Waals surface area contributed by atoms with Gasteiger partial charge in [-0.25, -0.2) is 18.3 Å². The first-order valence-electron chi connectivity index (χ1n) is 5.83. The summed E-state index contributed by atoms with van der Waals surface area (Å²) in [6.45, 7) is 3.35. The molecule has 0 amide bonds. The largest absolute Gasteiger partial charge is 0.461 e. The number of halogens is 3. The summed E-state index contributed by atoms with van der Waals surface area (Å²) in [6, 6.07) is 2.95. The molecule has 1 heterocycles. The van der Waals surface area contributed by atoms with Crippen molar-refractivity contribution in [1.29, 1.82) is 0 Å². The third-order valence-electron chi connectivity index (χ3n) is 2.59. The van der Waals surface area contributed by atoms with Crippen LogP contribution < -0.4 is 0 Å². The van der Waals surface area contributed by atoms with E-state index in [1.165, 1.54) is 6.07 Å². The number of hydrogen-bond acceptors (Lipinski definition) is 3. The Kier molecular flexibility index (Phi) is 4.04. The summed E-state index contributed by atoms with van der Waals surface area (Å²) >= 11 is 6.00. The Morgan fingerprint density at radius 2 is 2.15 bits per heavy atom. The highest BCUT2D eigenvalue weighted by atomic mass is 35.5. The smallest absolute Gasteiger partial charge is 0.358 e. The van der Waals surface area contributed by atoms with Crippen molar-refractivity contribution in [3.05, 3.63) is 46.2 Å². The molecular formula is C13H11ClF2N2O2. The number of ether oxygens (including phenoxy) is 1. The first kappa shape index (κ1) is 14.5. The molecule has 0 aliphatic rings. The van der Waals surface area contributed by atoms with Crippen LogP contribution in [-0.2, 0) is 4.74 Å². The van der Waals surface area contributed by atoms with Gasteiger partial charge in [-0.15, -0.1) is 0 Å². The first-order chi connectivity index (χ1) is 9.45. The van der Waals surface area contributed by atoms with Gasteiger partial charge in [-0.2, -0.15) is 5.10 Å². The molecule has 0 aliphatic heterocycles. The number of rotatable bonds is 3. The fourth-order valence-electron chi connectivity index (χ4n) is 1.71. The molecule has 2 aromatic rings. The number of hydrogen-bond donors (Lipinski definition) is 0. The molecule has 0 saturated carbocycles. The van der Waals surface area contributed by atoms with Crippen molar-refractivity contribution in [2.45, 2.75) is 13.8 Å². The van der Waals surface area contributed by atoms with Crippen molar-refractivity contribution in [2.24, 2.45) is 0 Å². The van der Waals surface area contributed by atoms with Gasteiger partial charge in [0, 0.05) is 6.07 Å². The molecule has 0 N–H and O–H groups in total. The molecule has 0 spiro atoms. The SMILES string of the molecule is CCOC(=O)c1c(Cl)c(C)nn1-c1ccc(F)cc1F. The fourth-order valence-corrected chi connectivity index (χ4v) is 1.91. The molecule has 20 heavy (non-hydrogen) atoms. The van der Waals surface area contributed by atoms with Crippen molar-refractivity contribution in [2.75, 3.05) is 6.61 Å². The lowest BCUT2D eigenvalue weighted by Crippen LogP contribution is -2.13. The van der Waals surface area contributed by atoms with Crippen LogP contribution in [0.5, 0.6) is 0 Å². The number of esters is 1.